The fourth-order valence-electron chi connectivity index (χ4n) is 6.80. The summed E-state index contributed by atoms with van der Waals surface area (Å²) in [5, 5.41) is 5.79. The summed E-state index contributed by atoms with van der Waals surface area (Å²) >= 11 is 0. The normalized spacial score (nSPS) is 25.9. The lowest BCUT2D eigenvalue weighted by molar-refractivity contribution is 0.0284. The molecule has 3 atom stereocenters. The summed E-state index contributed by atoms with van der Waals surface area (Å²) in [7, 11) is 0. The predicted molar refractivity (Wildman–Crippen MR) is 144 cm³/mol. The van der Waals surface area contributed by atoms with Gasteiger partial charge in [0.05, 0.1) is 0 Å². The maximum absolute atomic E-state index is 13.1. The van der Waals surface area contributed by atoms with E-state index in [-0.39, 0.29) is 11.3 Å². The summed E-state index contributed by atoms with van der Waals surface area (Å²) in [5.41, 5.74) is 5.24. The van der Waals surface area contributed by atoms with Crippen LogP contribution in [0.1, 0.15) is 66.6 Å². The van der Waals surface area contributed by atoms with Crippen molar-refractivity contribution in [2.24, 2.45) is 11.8 Å². The number of benzene rings is 3. The second kappa shape index (κ2) is 9.09. The third kappa shape index (κ3) is 4.29. The van der Waals surface area contributed by atoms with E-state index in [0.29, 0.717) is 18.5 Å². The SMILES string of the molecule is C[C@H]1C2Cc3ccc(C(=O)NCCCc4cccc5ccccc45)cc3[C@@]1(C)CCN2CC1CC1. The van der Waals surface area contributed by atoms with Crippen LogP contribution in [0.15, 0.2) is 60.7 Å². The lowest BCUT2D eigenvalue weighted by Gasteiger charge is -2.55. The van der Waals surface area contributed by atoms with Crippen molar-refractivity contribution in [3.8, 4) is 0 Å². The molecule has 1 N–H and O–H groups in total. The van der Waals surface area contributed by atoms with E-state index in [0.717, 1.165) is 30.7 Å². The summed E-state index contributed by atoms with van der Waals surface area (Å²) in [5.74, 6) is 1.64. The molecule has 35 heavy (non-hydrogen) atoms. The van der Waals surface area contributed by atoms with Crippen molar-refractivity contribution in [3.63, 3.8) is 0 Å². The first-order valence-electron chi connectivity index (χ1n) is 13.7. The van der Waals surface area contributed by atoms with Gasteiger partial charge in [0.2, 0.25) is 0 Å². The lowest BCUT2D eigenvalue weighted by atomic mass is 9.59. The Morgan fingerprint density at radius 1 is 1.09 bits per heavy atom. The molecule has 3 nitrogen and oxygen atoms in total. The van der Waals surface area contributed by atoms with Gasteiger partial charge in [-0.05, 0) is 102 Å². The van der Waals surface area contributed by atoms with Crippen LogP contribution in [-0.2, 0) is 18.3 Å². The van der Waals surface area contributed by atoms with Gasteiger partial charge in [0, 0.05) is 24.7 Å². The molecule has 2 aliphatic carbocycles. The van der Waals surface area contributed by atoms with Gasteiger partial charge in [0.15, 0.2) is 0 Å². The molecule has 3 heteroatoms. The van der Waals surface area contributed by atoms with Gasteiger partial charge in [-0.15, -0.1) is 0 Å². The van der Waals surface area contributed by atoms with Crippen molar-refractivity contribution in [2.45, 2.75) is 63.8 Å². The minimum atomic E-state index is 0.0651. The number of fused-ring (bicyclic) bond motifs is 5. The number of amides is 1. The smallest absolute Gasteiger partial charge is 0.251 e. The van der Waals surface area contributed by atoms with Crippen molar-refractivity contribution < 1.29 is 4.79 Å². The number of rotatable bonds is 7. The van der Waals surface area contributed by atoms with Crippen molar-refractivity contribution in [1.29, 1.82) is 0 Å². The summed E-state index contributed by atoms with van der Waals surface area (Å²) in [6.07, 6.45) is 7.09. The molecule has 1 saturated heterocycles. The van der Waals surface area contributed by atoms with Crippen molar-refractivity contribution >= 4 is 16.7 Å². The Kier molecular flexibility index (Phi) is 5.92. The maximum Gasteiger partial charge on any atom is 0.251 e. The topological polar surface area (TPSA) is 32.3 Å². The molecule has 0 aromatic heterocycles. The van der Waals surface area contributed by atoms with Crippen LogP contribution in [0.5, 0.6) is 0 Å². The van der Waals surface area contributed by atoms with E-state index in [9.17, 15) is 4.79 Å². The average molecular weight is 467 g/mol. The monoisotopic (exact) mass is 466 g/mol. The van der Waals surface area contributed by atoms with Crippen LogP contribution >= 0.6 is 0 Å². The first kappa shape index (κ1) is 22.8. The van der Waals surface area contributed by atoms with Gasteiger partial charge in [-0.3, -0.25) is 9.69 Å². The maximum atomic E-state index is 13.1. The van der Waals surface area contributed by atoms with E-state index in [1.807, 2.05) is 0 Å². The Bertz CT molecular complexity index is 1240. The molecule has 3 aromatic rings. The number of likely N-dealkylation sites (tertiary alicyclic amines) is 1. The Balaban J connectivity index is 1.11. The van der Waals surface area contributed by atoms with Gasteiger partial charge < -0.3 is 5.32 Å². The van der Waals surface area contributed by atoms with Crippen LogP contribution in [0.2, 0.25) is 0 Å². The zero-order valence-electron chi connectivity index (χ0n) is 21.2. The number of nitrogens with zero attached hydrogens (tertiary/aromatic N) is 1. The van der Waals surface area contributed by atoms with Crippen molar-refractivity contribution in [3.05, 3.63) is 82.9 Å². The number of hydrogen-bond donors (Lipinski definition) is 1. The van der Waals surface area contributed by atoms with Gasteiger partial charge in [-0.25, -0.2) is 0 Å². The molecule has 2 fully saturated rings. The molecule has 3 aromatic carbocycles. The molecule has 2 bridgehead atoms. The summed E-state index contributed by atoms with van der Waals surface area (Å²) in [6, 6.07) is 22.2. The Morgan fingerprint density at radius 3 is 2.77 bits per heavy atom. The molecule has 0 spiro atoms. The second-order valence-corrected chi connectivity index (χ2v) is 11.5. The fraction of sp³-hybridized carbons (Fsp3) is 0.469. The number of carbonyl (C=O) groups excluding carboxylic acids is 1. The largest absolute Gasteiger partial charge is 0.352 e. The average Bonchev–Trinajstić information content (AvgIpc) is 3.70. The van der Waals surface area contributed by atoms with Crippen LogP contribution in [0.25, 0.3) is 10.8 Å². The van der Waals surface area contributed by atoms with Crippen LogP contribution in [0, 0.1) is 11.8 Å². The molecule has 6 rings (SSSR count). The Hall–Kier alpha value is -2.65. The van der Waals surface area contributed by atoms with E-state index in [1.54, 1.807) is 0 Å². The van der Waals surface area contributed by atoms with Crippen LogP contribution in [0.3, 0.4) is 0 Å². The second-order valence-electron chi connectivity index (χ2n) is 11.5. The third-order valence-corrected chi connectivity index (χ3v) is 9.36. The van der Waals surface area contributed by atoms with E-state index in [4.69, 9.17) is 0 Å². The van der Waals surface area contributed by atoms with Crippen LogP contribution in [-0.4, -0.2) is 36.5 Å². The van der Waals surface area contributed by atoms with Crippen molar-refractivity contribution in [1.82, 2.24) is 10.2 Å². The molecule has 3 aliphatic rings. The highest BCUT2D eigenvalue weighted by molar-refractivity contribution is 5.94. The van der Waals surface area contributed by atoms with Gasteiger partial charge >= 0.3 is 0 Å². The summed E-state index contributed by atoms with van der Waals surface area (Å²) in [4.78, 5) is 15.9. The van der Waals surface area contributed by atoms with Gasteiger partial charge in [-0.2, -0.15) is 0 Å². The molecular formula is C32H38N2O. The van der Waals surface area contributed by atoms with E-state index in [1.165, 1.54) is 59.8 Å². The predicted octanol–water partition coefficient (Wildman–Crippen LogP) is 6.14. The quantitative estimate of drug-likeness (QED) is 0.425. The third-order valence-electron chi connectivity index (χ3n) is 9.36. The zero-order valence-corrected chi connectivity index (χ0v) is 21.2. The van der Waals surface area contributed by atoms with Crippen LogP contribution < -0.4 is 5.32 Å². The van der Waals surface area contributed by atoms with E-state index < -0.39 is 0 Å². The van der Waals surface area contributed by atoms with Gasteiger partial charge in [0.1, 0.15) is 0 Å². The van der Waals surface area contributed by atoms with Gasteiger partial charge in [-0.1, -0.05) is 62.4 Å². The van der Waals surface area contributed by atoms with E-state index in [2.05, 4.69) is 84.7 Å². The molecular weight excluding hydrogens is 428 g/mol. The standard InChI is InChI=1S/C32H38N2O/c1-22-30-20-26-14-15-27(19-29(26)32(22,2)16-18-34(30)21-23-12-13-23)31(35)33-17-6-10-25-9-5-8-24-7-3-4-11-28(24)25/h3-5,7-9,11,14-15,19,22-23,30H,6,10,12-13,16-18,20-21H2,1-2H3,(H,33,35)/t22-,30?,32-/m0/s1. The number of aryl methyl sites for hydroxylation is 1. The minimum Gasteiger partial charge on any atom is -0.352 e. The Morgan fingerprint density at radius 2 is 1.91 bits per heavy atom. The first-order valence-corrected chi connectivity index (χ1v) is 13.7. The molecule has 1 amide bonds. The number of nitrogens with one attached hydrogen (secondary N) is 1. The summed E-state index contributed by atoms with van der Waals surface area (Å²) < 4.78 is 0. The molecule has 1 unspecified atom stereocenters. The number of carbonyl (C=O) groups is 1. The number of piperidine rings is 1. The minimum absolute atomic E-state index is 0.0651. The van der Waals surface area contributed by atoms with E-state index >= 15 is 0 Å². The molecule has 1 heterocycles. The molecule has 182 valence electrons. The number of hydrogen-bond acceptors (Lipinski definition) is 2. The summed E-state index contributed by atoms with van der Waals surface area (Å²) in [6.45, 7) is 8.09. The lowest BCUT2D eigenvalue weighted by Crippen LogP contribution is -2.58. The highest BCUT2D eigenvalue weighted by Gasteiger charge is 2.49. The van der Waals surface area contributed by atoms with Gasteiger partial charge in [0.25, 0.3) is 5.91 Å². The Labute approximate surface area is 209 Å². The van der Waals surface area contributed by atoms with Crippen LogP contribution in [0.4, 0.5) is 0 Å². The first-order chi connectivity index (χ1) is 17.0. The fourth-order valence-corrected chi connectivity index (χ4v) is 6.80. The highest BCUT2D eigenvalue weighted by atomic mass is 16.1. The molecule has 0 radical (unpaired) electrons. The highest BCUT2D eigenvalue weighted by Crippen LogP contribution is 2.49. The molecule has 1 aliphatic heterocycles. The van der Waals surface area contributed by atoms with Crippen molar-refractivity contribution in [2.75, 3.05) is 19.6 Å². The zero-order chi connectivity index (χ0) is 24.0. The molecule has 1 saturated carbocycles.